The van der Waals surface area contributed by atoms with Crippen LogP contribution < -0.4 is 0 Å². The summed E-state index contributed by atoms with van der Waals surface area (Å²) in [7, 11) is 0. The number of allylic oxidation sites excluding steroid dienone is 2. The minimum atomic E-state index is -0.424. The first-order valence-corrected chi connectivity index (χ1v) is 11.2. The zero-order valence-corrected chi connectivity index (χ0v) is 16.7. The summed E-state index contributed by atoms with van der Waals surface area (Å²) < 4.78 is 27.3. The van der Waals surface area contributed by atoms with Crippen LogP contribution in [0.4, 0.5) is 8.78 Å². The molecule has 0 heterocycles. The summed E-state index contributed by atoms with van der Waals surface area (Å²) >= 11 is 0. The third-order valence-corrected chi connectivity index (χ3v) is 7.98. The van der Waals surface area contributed by atoms with E-state index in [0.29, 0.717) is 5.92 Å². The standard InChI is InChI=1S/C25H34F2/c1-2-3-4-5-17-6-10-24-19(12-17)7-8-20-13-18(9-11-25(20)24)21-14-22(26)16-23(27)15-21/h2-3,14-20,24-25H,4-13H2,1H3/b3-2+/t17-,18?,19-,20+,24+,25+/m1/s1. The zero-order chi connectivity index (χ0) is 18.8. The van der Waals surface area contributed by atoms with Crippen LogP contribution >= 0.6 is 0 Å². The van der Waals surface area contributed by atoms with Gasteiger partial charge in [-0.05, 0) is 118 Å². The van der Waals surface area contributed by atoms with E-state index in [1.54, 1.807) is 12.1 Å². The largest absolute Gasteiger partial charge is 0.207 e. The number of hydrogen-bond donors (Lipinski definition) is 0. The van der Waals surface area contributed by atoms with Crippen molar-refractivity contribution in [3.63, 3.8) is 0 Å². The second-order valence-electron chi connectivity index (χ2n) is 9.46. The molecule has 0 nitrogen and oxygen atoms in total. The van der Waals surface area contributed by atoms with E-state index in [9.17, 15) is 8.78 Å². The Hall–Kier alpha value is -1.18. The SMILES string of the molecule is C/C=C/CC[C@@H]1CC[C@H]2[C@H](CC[C@H]3CC(c4cc(F)cc(F)c4)CC[C@@H]32)C1. The van der Waals surface area contributed by atoms with Crippen molar-refractivity contribution in [3.8, 4) is 0 Å². The van der Waals surface area contributed by atoms with E-state index in [1.165, 1.54) is 51.4 Å². The number of halogens is 2. The van der Waals surface area contributed by atoms with Gasteiger partial charge in [-0.2, -0.15) is 0 Å². The Morgan fingerprint density at radius 1 is 0.852 bits per heavy atom. The van der Waals surface area contributed by atoms with E-state index in [4.69, 9.17) is 0 Å². The fraction of sp³-hybridized carbons (Fsp3) is 0.680. The maximum Gasteiger partial charge on any atom is 0.126 e. The second-order valence-corrected chi connectivity index (χ2v) is 9.46. The van der Waals surface area contributed by atoms with Crippen molar-refractivity contribution in [3.05, 3.63) is 47.5 Å². The molecule has 3 aliphatic rings. The van der Waals surface area contributed by atoms with Crippen LogP contribution in [0.2, 0.25) is 0 Å². The molecule has 27 heavy (non-hydrogen) atoms. The van der Waals surface area contributed by atoms with Crippen LogP contribution in [0.15, 0.2) is 30.4 Å². The Morgan fingerprint density at radius 3 is 2.22 bits per heavy atom. The van der Waals surface area contributed by atoms with Gasteiger partial charge in [-0.1, -0.05) is 18.6 Å². The monoisotopic (exact) mass is 372 g/mol. The molecule has 3 saturated carbocycles. The Morgan fingerprint density at radius 2 is 1.52 bits per heavy atom. The summed E-state index contributed by atoms with van der Waals surface area (Å²) in [4.78, 5) is 0. The first kappa shape index (κ1) is 19.2. The van der Waals surface area contributed by atoms with Crippen molar-refractivity contribution < 1.29 is 8.78 Å². The number of benzene rings is 1. The van der Waals surface area contributed by atoms with Gasteiger partial charge in [0.2, 0.25) is 0 Å². The van der Waals surface area contributed by atoms with Crippen molar-refractivity contribution in [1.29, 1.82) is 0 Å². The predicted molar refractivity (Wildman–Crippen MR) is 108 cm³/mol. The average Bonchev–Trinajstić information content (AvgIpc) is 2.66. The van der Waals surface area contributed by atoms with Gasteiger partial charge < -0.3 is 0 Å². The van der Waals surface area contributed by atoms with E-state index in [1.807, 2.05) is 0 Å². The first-order chi connectivity index (χ1) is 13.1. The van der Waals surface area contributed by atoms with Crippen LogP contribution in [-0.2, 0) is 0 Å². The van der Waals surface area contributed by atoms with Crippen molar-refractivity contribution in [1.82, 2.24) is 0 Å². The summed E-state index contributed by atoms with van der Waals surface area (Å²) in [5.74, 6) is 3.95. The molecule has 1 aromatic carbocycles. The molecule has 1 unspecified atom stereocenters. The van der Waals surface area contributed by atoms with Crippen LogP contribution in [0.3, 0.4) is 0 Å². The molecule has 0 N–H and O–H groups in total. The highest BCUT2D eigenvalue weighted by molar-refractivity contribution is 5.23. The van der Waals surface area contributed by atoms with Gasteiger partial charge in [0.05, 0.1) is 0 Å². The minimum absolute atomic E-state index is 0.352. The molecule has 0 amide bonds. The minimum Gasteiger partial charge on any atom is -0.207 e. The highest BCUT2D eigenvalue weighted by atomic mass is 19.1. The Bertz CT molecular complexity index is 644. The van der Waals surface area contributed by atoms with Crippen LogP contribution in [-0.4, -0.2) is 0 Å². The topological polar surface area (TPSA) is 0 Å². The van der Waals surface area contributed by atoms with Gasteiger partial charge in [0, 0.05) is 6.07 Å². The van der Waals surface area contributed by atoms with Crippen LogP contribution in [0.1, 0.15) is 82.6 Å². The average molecular weight is 373 g/mol. The third kappa shape index (κ3) is 4.30. The molecular formula is C25H34F2. The van der Waals surface area contributed by atoms with Crippen molar-refractivity contribution >= 4 is 0 Å². The summed E-state index contributed by atoms with van der Waals surface area (Å²) in [5.41, 5.74) is 0.890. The highest BCUT2D eigenvalue weighted by Gasteiger charge is 2.44. The maximum absolute atomic E-state index is 13.6. The van der Waals surface area contributed by atoms with Crippen LogP contribution in [0, 0.1) is 41.2 Å². The molecule has 1 aromatic rings. The van der Waals surface area contributed by atoms with Crippen molar-refractivity contribution in [2.75, 3.05) is 0 Å². The molecule has 0 bridgehead atoms. The molecule has 148 valence electrons. The van der Waals surface area contributed by atoms with E-state index < -0.39 is 11.6 Å². The highest BCUT2D eigenvalue weighted by Crippen LogP contribution is 2.55. The van der Waals surface area contributed by atoms with Gasteiger partial charge in [-0.15, -0.1) is 0 Å². The van der Waals surface area contributed by atoms with Gasteiger partial charge in [-0.3, -0.25) is 0 Å². The Balaban J connectivity index is 1.37. The summed E-state index contributed by atoms with van der Waals surface area (Å²) in [6.45, 7) is 2.12. The van der Waals surface area contributed by atoms with Crippen molar-refractivity contribution in [2.45, 2.75) is 77.0 Å². The molecule has 3 fully saturated rings. The van der Waals surface area contributed by atoms with E-state index in [0.717, 1.165) is 54.1 Å². The number of rotatable bonds is 4. The summed E-state index contributed by atoms with van der Waals surface area (Å²) in [6, 6.07) is 4.13. The molecule has 6 atom stereocenters. The van der Waals surface area contributed by atoms with E-state index in [2.05, 4.69) is 19.1 Å². The summed E-state index contributed by atoms with van der Waals surface area (Å²) in [6.07, 6.45) is 17.6. The van der Waals surface area contributed by atoms with Crippen LogP contribution in [0.5, 0.6) is 0 Å². The smallest absolute Gasteiger partial charge is 0.126 e. The fourth-order valence-corrected chi connectivity index (χ4v) is 6.77. The van der Waals surface area contributed by atoms with Gasteiger partial charge in [0.25, 0.3) is 0 Å². The molecule has 4 rings (SSSR count). The normalized spacial score (nSPS) is 36.4. The van der Waals surface area contributed by atoms with Crippen LogP contribution in [0.25, 0.3) is 0 Å². The molecule has 0 radical (unpaired) electrons. The lowest BCUT2D eigenvalue weighted by molar-refractivity contribution is 0.00562. The molecule has 0 aromatic heterocycles. The van der Waals surface area contributed by atoms with E-state index >= 15 is 0 Å². The lowest BCUT2D eigenvalue weighted by Crippen LogP contribution is -2.41. The molecule has 0 saturated heterocycles. The zero-order valence-electron chi connectivity index (χ0n) is 16.7. The molecule has 0 aliphatic heterocycles. The second kappa shape index (κ2) is 8.45. The number of fused-ring (bicyclic) bond motifs is 3. The van der Waals surface area contributed by atoms with Crippen molar-refractivity contribution in [2.24, 2.45) is 29.6 Å². The predicted octanol–water partition coefficient (Wildman–Crippen LogP) is 7.65. The maximum atomic E-state index is 13.6. The number of hydrogen-bond acceptors (Lipinski definition) is 0. The van der Waals surface area contributed by atoms with Gasteiger partial charge in [-0.25, -0.2) is 8.78 Å². The Labute approximate surface area is 163 Å². The lowest BCUT2D eigenvalue weighted by Gasteiger charge is -2.51. The first-order valence-electron chi connectivity index (χ1n) is 11.2. The fourth-order valence-electron chi connectivity index (χ4n) is 6.77. The molecule has 2 heteroatoms. The quantitative estimate of drug-likeness (QED) is 0.476. The van der Waals surface area contributed by atoms with Gasteiger partial charge in [0.15, 0.2) is 0 Å². The summed E-state index contributed by atoms with van der Waals surface area (Å²) in [5, 5.41) is 0. The molecule has 0 spiro atoms. The lowest BCUT2D eigenvalue weighted by atomic mass is 9.55. The molecule has 3 aliphatic carbocycles. The third-order valence-electron chi connectivity index (χ3n) is 7.98. The van der Waals surface area contributed by atoms with Gasteiger partial charge in [0.1, 0.15) is 11.6 Å². The molecular weight excluding hydrogens is 338 g/mol. The van der Waals surface area contributed by atoms with Gasteiger partial charge >= 0.3 is 0 Å². The van der Waals surface area contributed by atoms with E-state index in [-0.39, 0.29) is 0 Å². The Kier molecular flexibility index (Phi) is 5.99.